The Morgan fingerprint density at radius 1 is 1.22 bits per heavy atom. The van der Waals surface area contributed by atoms with Crippen molar-refractivity contribution in [1.29, 1.82) is 0 Å². The first kappa shape index (κ1) is 21.8. The third-order valence-electron chi connectivity index (χ3n) is 5.36. The maximum absolute atomic E-state index is 12.1. The molecule has 32 heavy (non-hydrogen) atoms. The van der Waals surface area contributed by atoms with Gasteiger partial charge in [-0.2, -0.15) is 9.61 Å². The Morgan fingerprint density at radius 3 is 2.62 bits per heavy atom. The molecule has 2 fully saturated rings. The molecule has 3 heterocycles. The van der Waals surface area contributed by atoms with E-state index < -0.39 is 0 Å². The van der Waals surface area contributed by atoms with Crippen LogP contribution in [-0.2, 0) is 0 Å². The van der Waals surface area contributed by atoms with E-state index in [0.717, 1.165) is 31.4 Å². The Labute approximate surface area is 186 Å². The molecule has 10 nitrogen and oxygen atoms in total. The predicted octanol–water partition coefficient (Wildman–Crippen LogP) is 2.73. The lowest BCUT2D eigenvalue weighted by atomic mass is 10.3. The van der Waals surface area contributed by atoms with Crippen molar-refractivity contribution >= 4 is 28.9 Å². The summed E-state index contributed by atoms with van der Waals surface area (Å²) in [6, 6.07) is 5.52. The average Bonchev–Trinajstić information content (AvgIpc) is 3.31. The van der Waals surface area contributed by atoms with Crippen molar-refractivity contribution in [1.82, 2.24) is 24.9 Å². The molecule has 0 aromatic carbocycles. The van der Waals surface area contributed by atoms with Gasteiger partial charge >= 0.3 is 0 Å². The zero-order valence-electron chi connectivity index (χ0n) is 18.3. The molecule has 2 saturated carbocycles. The first-order valence-corrected chi connectivity index (χ1v) is 10.9. The van der Waals surface area contributed by atoms with Crippen LogP contribution < -0.4 is 20.7 Å². The zero-order chi connectivity index (χ0) is 22.5. The molecule has 4 N–H and O–H groups in total. The Balaban J connectivity index is 0.000000354. The summed E-state index contributed by atoms with van der Waals surface area (Å²) in [5, 5.41) is 21.9. The summed E-state index contributed by atoms with van der Waals surface area (Å²) in [5.41, 5.74) is 1.57. The van der Waals surface area contributed by atoms with E-state index in [-0.39, 0.29) is 18.1 Å². The van der Waals surface area contributed by atoms with E-state index in [1.165, 1.54) is 19.0 Å². The second-order valence-electron chi connectivity index (χ2n) is 7.89. The van der Waals surface area contributed by atoms with Gasteiger partial charge in [-0.3, -0.25) is 4.79 Å². The van der Waals surface area contributed by atoms with E-state index in [1.807, 2.05) is 18.2 Å². The van der Waals surface area contributed by atoms with Gasteiger partial charge in [0.25, 0.3) is 5.91 Å². The van der Waals surface area contributed by atoms with Gasteiger partial charge in [0, 0.05) is 26.4 Å². The summed E-state index contributed by atoms with van der Waals surface area (Å²) < 4.78 is 7.42. The largest absolute Gasteiger partial charge is 0.473 e. The van der Waals surface area contributed by atoms with Gasteiger partial charge in [0.05, 0.1) is 12.3 Å². The summed E-state index contributed by atoms with van der Waals surface area (Å²) in [6.45, 7) is 0. The van der Waals surface area contributed by atoms with Crippen LogP contribution in [0.15, 0.2) is 30.6 Å². The van der Waals surface area contributed by atoms with E-state index in [4.69, 9.17) is 9.84 Å². The van der Waals surface area contributed by atoms with E-state index in [2.05, 4.69) is 31.0 Å². The van der Waals surface area contributed by atoms with Crippen LogP contribution in [0.2, 0.25) is 0 Å². The smallest absolute Gasteiger partial charge is 0.256 e. The normalized spacial score (nSPS) is 15.7. The average molecular weight is 440 g/mol. The number of hydrogen-bond donors (Lipinski definition) is 4. The Morgan fingerprint density at radius 2 is 2.00 bits per heavy atom. The SMILES string of the molecule is CNC(=O)c1cnn2c(NC)cc(Nc3cccnc3OC3CC3)nc12.OC1CCCC1. The molecule has 1 amide bonds. The summed E-state index contributed by atoms with van der Waals surface area (Å²) in [7, 11) is 3.36. The highest BCUT2D eigenvalue weighted by atomic mass is 16.5. The lowest BCUT2D eigenvalue weighted by Crippen LogP contribution is -2.18. The quantitative estimate of drug-likeness (QED) is 0.462. The topological polar surface area (TPSA) is 126 Å². The number of ether oxygens (including phenoxy) is 1. The van der Waals surface area contributed by atoms with Crippen molar-refractivity contribution in [3.8, 4) is 5.88 Å². The summed E-state index contributed by atoms with van der Waals surface area (Å²) in [5.74, 6) is 1.55. The molecule has 0 atom stereocenters. The van der Waals surface area contributed by atoms with Crippen LogP contribution in [0, 0.1) is 0 Å². The number of aliphatic hydroxyl groups excluding tert-OH is 1. The van der Waals surface area contributed by atoms with Crippen LogP contribution in [0.5, 0.6) is 5.88 Å². The molecule has 3 aromatic heterocycles. The van der Waals surface area contributed by atoms with Crippen LogP contribution >= 0.6 is 0 Å². The molecule has 0 bridgehead atoms. The number of nitrogens with one attached hydrogen (secondary N) is 3. The molecule has 2 aliphatic rings. The van der Waals surface area contributed by atoms with Gasteiger partial charge in [-0.15, -0.1) is 0 Å². The lowest BCUT2D eigenvalue weighted by molar-refractivity contribution is 0.0964. The first-order valence-electron chi connectivity index (χ1n) is 10.9. The van der Waals surface area contributed by atoms with Crippen molar-refractivity contribution in [2.45, 2.75) is 50.7 Å². The first-order chi connectivity index (χ1) is 15.6. The highest BCUT2D eigenvalue weighted by Crippen LogP contribution is 2.32. The van der Waals surface area contributed by atoms with Crippen LogP contribution in [-0.4, -0.2) is 56.9 Å². The number of nitrogens with zero attached hydrogens (tertiary/aromatic N) is 4. The van der Waals surface area contributed by atoms with Crippen molar-refractivity contribution in [3.05, 3.63) is 36.2 Å². The number of aromatic nitrogens is 4. The lowest BCUT2D eigenvalue weighted by Gasteiger charge is -2.13. The fourth-order valence-corrected chi connectivity index (χ4v) is 3.47. The monoisotopic (exact) mass is 439 g/mol. The number of anilines is 3. The molecule has 3 aromatic rings. The summed E-state index contributed by atoms with van der Waals surface area (Å²) in [4.78, 5) is 20.9. The van der Waals surface area contributed by atoms with E-state index in [0.29, 0.717) is 28.7 Å². The van der Waals surface area contributed by atoms with Crippen molar-refractivity contribution in [2.75, 3.05) is 24.7 Å². The van der Waals surface area contributed by atoms with Crippen LogP contribution in [0.3, 0.4) is 0 Å². The molecular weight excluding hydrogens is 410 g/mol. The molecule has 5 rings (SSSR count). The van der Waals surface area contributed by atoms with Crippen molar-refractivity contribution in [2.24, 2.45) is 0 Å². The zero-order valence-corrected chi connectivity index (χ0v) is 18.3. The van der Waals surface area contributed by atoms with E-state index in [9.17, 15) is 4.79 Å². The minimum absolute atomic E-state index is 0.0463. The third kappa shape index (κ3) is 5.08. The number of amides is 1. The molecule has 0 aliphatic heterocycles. The van der Waals surface area contributed by atoms with Crippen LogP contribution in [0.25, 0.3) is 5.65 Å². The van der Waals surface area contributed by atoms with Crippen LogP contribution in [0.1, 0.15) is 48.9 Å². The standard InChI is InChI=1S/C17H19N7O2.C5H10O/c1-18-14-8-13(23-15-11(16(25)19-2)9-21-24(14)15)22-12-4-3-7-20-17(12)26-10-5-6-10;6-5-3-1-2-4-5/h3-4,7-10,18H,5-6H2,1-2H3,(H,19,25)(H,22,23);5-6H,1-4H2. The molecule has 170 valence electrons. The second-order valence-corrected chi connectivity index (χ2v) is 7.89. The van der Waals surface area contributed by atoms with Gasteiger partial charge in [-0.25, -0.2) is 9.97 Å². The van der Waals surface area contributed by atoms with Gasteiger partial charge in [0.15, 0.2) is 5.65 Å². The van der Waals surface area contributed by atoms with Gasteiger partial charge < -0.3 is 25.8 Å². The number of carbonyl (C=O) groups excluding carboxylic acids is 1. The number of rotatable bonds is 6. The molecule has 2 aliphatic carbocycles. The fourth-order valence-electron chi connectivity index (χ4n) is 3.47. The summed E-state index contributed by atoms with van der Waals surface area (Å²) >= 11 is 0. The highest BCUT2D eigenvalue weighted by molar-refractivity contribution is 5.99. The fraction of sp³-hybridized carbons (Fsp3) is 0.455. The second kappa shape index (κ2) is 9.82. The number of aliphatic hydroxyl groups is 1. The molecule has 0 radical (unpaired) electrons. The molecule has 0 saturated heterocycles. The molecular formula is C22H29N7O3. The number of pyridine rings is 1. The van der Waals surface area contributed by atoms with Gasteiger partial charge in [-0.05, 0) is 37.8 Å². The Bertz CT molecular complexity index is 1070. The van der Waals surface area contributed by atoms with Gasteiger partial charge in [0.1, 0.15) is 29.0 Å². The van der Waals surface area contributed by atoms with Crippen molar-refractivity contribution in [3.63, 3.8) is 0 Å². The predicted molar refractivity (Wildman–Crippen MR) is 122 cm³/mol. The maximum Gasteiger partial charge on any atom is 0.256 e. The maximum atomic E-state index is 12.1. The van der Waals surface area contributed by atoms with Crippen LogP contribution in [0.4, 0.5) is 17.3 Å². The van der Waals surface area contributed by atoms with E-state index in [1.54, 1.807) is 24.8 Å². The number of carbonyl (C=O) groups is 1. The van der Waals surface area contributed by atoms with Gasteiger partial charge in [-0.1, -0.05) is 12.8 Å². The highest BCUT2D eigenvalue weighted by Gasteiger charge is 2.25. The molecule has 0 unspecified atom stereocenters. The summed E-state index contributed by atoms with van der Waals surface area (Å²) in [6.07, 6.45) is 10.1. The number of fused-ring (bicyclic) bond motifs is 1. The molecule has 10 heteroatoms. The Hall–Kier alpha value is -3.40. The minimum atomic E-state index is -0.245. The van der Waals surface area contributed by atoms with Gasteiger partial charge in [0.2, 0.25) is 5.88 Å². The Kier molecular flexibility index (Phi) is 6.69. The third-order valence-corrected chi connectivity index (χ3v) is 5.36. The van der Waals surface area contributed by atoms with Crippen molar-refractivity contribution < 1.29 is 14.6 Å². The number of hydrogen-bond acceptors (Lipinski definition) is 8. The van der Waals surface area contributed by atoms with E-state index >= 15 is 0 Å². The minimum Gasteiger partial charge on any atom is -0.473 e. The molecule has 0 spiro atoms.